The number of hydrogen-bond donors (Lipinski definition) is 1. The molecule has 1 aromatic heterocycles. The molecule has 22 heavy (non-hydrogen) atoms. The third-order valence-corrected chi connectivity index (χ3v) is 3.14. The average molecular weight is 291 g/mol. The fourth-order valence-electron chi connectivity index (χ4n) is 2.01. The molecule has 2 aromatic carbocycles. The second-order valence-corrected chi connectivity index (χ2v) is 4.81. The van der Waals surface area contributed by atoms with E-state index >= 15 is 0 Å². The van der Waals surface area contributed by atoms with E-state index < -0.39 is 0 Å². The van der Waals surface area contributed by atoms with Crippen molar-refractivity contribution in [2.24, 2.45) is 0 Å². The predicted molar refractivity (Wildman–Crippen MR) is 86.6 cm³/mol. The third-order valence-electron chi connectivity index (χ3n) is 3.14. The summed E-state index contributed by atoms with van der Waals surface area (Å²) in [6, 6.07) is 21.7. The van der Waals surface area contributed by atoms with Crippen LogP contribution < -0.4 is 10.1 Å². The number of nitrogens with one attached hydrogen (secondary N) is 1. The van der Waals surface area contributed by atoms with Crippen LogP contribution in [0.15, 0.2) is 72.9 Å². The Labute approximate surface area is 129 Å². The number of anilines is 1. The summed E-state index contributed by atoms with van der Waals surface area (Å²) in [6.45, 7) is 1.12. The molecule has 0 aliphatic rings. The van der Waals surface area contributed by atoms with Crippen LogP contribution in [0.5, 0.6) is 5.75 Å². The molecule has 0 bridgehead atoms. The topological polar surface area (TPSA) is 47.0 Å². The summed E-state index contributed by atoms with van der Waals surface area (Å²) in [5, 5.41) is 3.22. The summed E-state index contributed by atoms with van der Waals surface area (Å²) in [7, 11) is 0. The van der Waals surface area contributed by atoms with E-state index in [1.165, 1.54) is 5.56 Å². The zero-order chi connectivity index (χ0) is 15.0. The molecule has 3 aromatic rings. The van der Waals surface area contributed by atoms with Crippen molar-refractivity contribution in [2.45, 2.75) is 13.2 Å². The molecule has 0 unspecified atom stereocenters. The first-order valence-corrected chi connectivity index (χ1v) is 7.18. The zero-order valence-electron chi connectivity index (χ0n) is 12.1. The Morgan fingerprint density at radius 2 is 1.59 bits per heavy atom. The van der Waals surface area contributed by atoms with Crippen molar-refractivity contribution in [3.05, 3.63) is 84.2 Å². The van der Waals surface area contributed by atoms with Crippen molar-refractivity contribution in [2.75, 3.05) is 5.32 Å². The minimum absolute atomic E-state index is 0.423. The van der Waals surface area contributed by atoms with E-state index in [0.29, 0.717) is 19.1 Å². The maximum absolute atomic E-state index is 5.69. The quantitative estimate of drug-likeness (QED) is 0.753. The molecule has 1 N–H and O–H groups in total. The van der Waals surface area contributed by atoms with Gasteiger partial charge < -0.3 is 10.1 Å². The van der Waals surface area contributed by atoms with Crippen LogP contribution in [0.1, 0.15) is 11.3 Å². The van der Waals surface area contributed by atoms with Crippen LogP contribution in [-0.4, -0.2) is 9.97 Å². The van der Waals surface area contributed by atoms with Gasteiger partial charge in [-0.05, 0) is 23.8 Å². The minimum Gasteiger partial charge on any atom is -0.487 e. The molecular weight excluding hydrogens is 274 g/mol. The molecule has 1 heterocycles. The number of rotatable bonds is 6. The molecular formula is C18H17N3O. The standard InChI is InChI=1S/C18H17N3O/c1-3-7-15(8-4-1)13-20-18-19-12-11-16(21-18)14-22-17-9-5-2-6-10-17/h1-12H,13-14H2,(H,19,20,21). The Morgan fingerprint density at radius 1 is 0.864 bits per heavy atom. The summed E-state index contributed by atoms with van der Waals surface area (Å²) in [6.07, 6.45) is 1.74. The Hall–Kier alpha value is -2.88. The van der Waals surface area contributed by atoms with Crippen molar-refractivity contribution in [3.8, 4) is 5.75 Å². The van der Waals surface area contributed by atoms with Gasteiger partial charge in [-0.1, -0.05) is 48.5 Å². The van der Waals surface area contributed by atoms with E-state index in [4.69, 9.17) is 4.74 Å². The van der Waals surface area contributed by atoms with Crippen molar-refractivity contribution in [3.63, 3.8) is 0 Å². The van der Waals surface area contributed by atoms with Crippen LogP contribution in [0.2, 0.25) is 0 Å². The highest BCUT2D eigenvalue weighted by atomic mass is 16.5. The van der Waals surface area contributed by atoms with Gasteiger partial charge >= 0.3 is 0 Å². The van der Waals surface area contributed by atoms with E-state index in [9.17, 15) is 0 Å². The number of benzene rings is 2. The zero-order valence-corrected chi connectivity index (χ0v) is 12.1. The summed E-state index contributed by atoms with van der Waals surface area (Å²) >= 11 is 0. The fourth-order valence-corrected chi connectivity index (χ4v) is 2.01. The van der Waals surface area contributed by atoms with Crippen LogP contribution in [0.25, 0.3) is 0 Å². The van der Waals surface area contributed by atoms with Gasteiger partial charge in [-0.15, -0.1) is 0 Å². The molecule has 0 aliphatic heterocycles. The molecule has 3 rings (SSSR count). The lowest BCUT2D eigenvalue weighted by Crippen LogP contribution is -2.06. The lowest BCUT2D eigenvalue weighted by molar-refractivity contribution is 0.301. The number of hydrogen-bond acceptors (Lipinski definition) is 4. The molecule has 0 fully saturated rings. The van der Waals surface area contributed by atoms with Gasteiger partial charge in [0.05, 0.1) is 5.69 Å². The van der Waals surface area contributed by atoms with Gasteiger partial charge in [-0.2, -0.15) is 0 Å². The monoisotopic (exact) mass is 291 g/mol. The van der Waals surface area contributed by atoms with Crippen LogP contribution in [-0.2, 0) is 13.2 Å². The Kier molecular flexibility index (Phi) is 4.62. The van der Waals surface area contributed by atoms with Gasteiger partial charge in [0.25, 0.3) is 0 Å². The smallest absolute Gasteiger partial charge is 0.223 e. The molecule has 4 nitrogen and oxygen atoms in total. The molecule has 0 spiro atoms. The number of para-hydroxylation sites is 1. The lowest BCUT2D eigenvalue weighted by atomic mass is 10.2. The predicted octanol–water partition coefficient (Wildman–Crippen LogP) is 3.67. The highest BCUT2D eigenvalue weighted by molar-refractivity contribution is 5.28. The minimum atomic E-state index is 0.423. The Bertz CT molecular complexity index is 643. The van der Waals surface area contributed by atoms with Crippen LogP contribution in [0.4, 0.5) is 5.95 Å². The second kappa shape index (κ2) is 7.22. The van der Waals surface area contributed by atoms with E-state index in [1.54, 1.807) is 6.20 Å². The van der Waals surface area contributed by atoms with Crippen molar-refractivity contribution in [1.29, 1.82) is 0 Å². The van der Waals surface area contributed by atoms with E-state index in [2.05, 4.69) is 27.4 Å². The van der Waals surface area contributed by atoms with Crippen LogP contribution in [0.3, 0.4) is 0 Å². The van der Waals surface area contributed by atoms with E-state index in [1.807, 2.05) is 54.6 Å². The number of nitrogens with zero attached hydrogens (tertiary/aromatic N) is 2. The molecule has 0 saturated carbocycles. The maximum atomic E-state index is 5.69. The molecule has 0 radical (unpaired) electrons. The Balaban J connectivity index is 1.58. The molecule has 0 saturated heterocycles. The molecule has 4 heteroatoms. The van der Waals surface area contributed by atoms with Gasteiger partial charge in [0, 0.05) is 12.7 Å². The van der Waals surface area contributed by atoms with E-state index in [-0.39, 0.29) is 0 Å². The normalized spacial score (nSPS) is 10.2. The van der Waals surface area contributed by atoms with Crippen molar-refractivity contribution in [1.82, 2.24) is 9.97 Å². The fraction of sp³-hybridized carbons (Fsp3) is 0.111. The number of ether oxygens (including phenoxy) is 1. The van der Waals surface area contributed by atoms with E-state index in [0.717, 1.165) is 11.4 Å². The van der Waals surface area contributed by atoms with Gasteiger partial charge in [-0.25, -0.2) is 9.97 Å². The molecule has 0 aliphatic carbocycles. The molecule has 0 atom stereocenters. The summed E-state index contributed by atoms with van der Waals surface area (Å²) in [5.74, 6) is 1.44. The van der Waals surface area contributed by atoms with Crippen molar-refractivity contribution < 1.29 is 4.74 Å². The lowest BCUT2D eigenvalue weighted by Gasteiger charge is -2.08. The first-order chi connectivity index (χ1) is 10.9. The average Bonchev–Trinajstić information content (AvgIpc) is 2.60. The number of aromatic nitrogens is 2. The highest BCUT2D eigenvalue weighted by Crippen LogP contribution is 2.11. The molecule has 0 amide bonds. The first kappa shape index (κ1) is 14.1. The van der Waals surface area contributed by atoms with Crippen molar-refractivity contribution >= 4 is 5.95 Å². The van der Waals surface area contributed by atoms with Gasteiger partial charge in [0.1, 0.15) is 12.4 Å². The summed E-state index contributed by atoms with van der Waals surface area (Å²) in [4.78, 5) is 8.69. The third kappa shape index (κ3) is 4.06. The summed E-state index contributed by atoms with van der Waals surface area (Å²) < 4.78 is 5.69. The maximum Gasteiger partial charge on any atom is 0.223 e. The van der Waals surface area contributed by atoms with Crippen LogP contribution in [0, 0.1) is 0 Å². The highest BCUT2D eigenvalue weighted by Gasteiger charge is 2.01. The largest absolute Gasteiger partial charge is 0.487 e. The summed E-state index contributed by atoms with van der Waals surface area (Å²) in [5.41, 5.74) is 2.03. The SMILES string of the molecule is c1ccc(CNc2nccc(COc3ccccc3)n2)cc1. The van der Waals surface area contributed by atoms with Crippen LogP contribution >= 0.6 is 0 Å². The second-order valence-electron chi connectivity index (χ2n) is 4.81. The van der Waals surface area contributed by atoms with Gasteiger partial charge in [0.2, 0.25) is 5.95 Å². The first-order valence-electron chi connectivity index (χ1n) is 7.18. The Morgan fingerprint density at radius 3 is 2.36 bits per heavy atom. The van der Waals surface area contributed by atoms with Gasteiger partial charge in [0.15, 0.2) is 0 Å². The van der Waals surface area contributed by atoms with Gasteiger partial charge in [-0.3, -0.25) is 0 Å². The molecule has 110 valence electrons.